The van der Waals surface area contributed by atoms with E-state index in [9.17, 15) is 4.39 Å². The van der Waals surface area contributed by atoms with Gasteiger partial charge in [-0.3, -0.25) is 0 Å². The number of nitrogens with one attached hydrogen (secondary N) is 1. The molecule has 2 N–H and O–H groups in total. The highest BCUT2D eigenvalue weighted by molar-refractivity contribution is 6.31. The van der Waals surface area contributed by atoms with Gasteiger partial charge in [0.1, 0.15) is 5.82 Å². The van der Waals surface area contributed by atoms with E-state index in [0.717, 1.165) is 37.9 Å². The average Bonchev–Trinajstić information content (AvgIpc) is 2.99. The standard InChI is InChI=1S/C21H24ClFN2O/c22-19-8-6-9-20(23)18(19)15-25-14-16(13-24-11-4-1-5-12-26)17-7-2-3-10-21(17)25/h2-3,6-10,14,24,26H,1,4-5,11-13,15H2. The molecule has 0 saturated carbocycles. The van der Waals surface area contributed by atoms with E-state index >= 15 is 0 Å². The lowest BCUT2D eigenvalue weighted by Crippen LogP contribution is -2.14. The third-order valence-electron chi connectivity index (χ3n) is 4.59. The van der Waals surface area contributed by atoms with E-state index < -0.39 is 0 Å². The summed E-state index contributed by atoms with van der Waals surface area (Å²) >= 11 is 6.20. The van der Waals surface area contributed by atoms with Crippen molar-refractivity contribution in [1.29, 1.82) is 0 Å². The lowest BCUT2D eigenvalue weighted by atomic mass is 10.1. The van der Waals surface area contributed by atoms with E-state index in [1.165, 1.54) is 17.0 Å². The van der Waals surface area contributed by atoms with Crippen LogP contribution in [0.15, 0.2) is 48.7 Å². The van der Waals surface area contributed by atoms with Gasteiger partial charge in [-0.2, -0.15) is 0 Å². The number of hydrogen-bond acceptors (Lipinski definition) is 2. The minimum atomic E-state index is -0.279. The van der Waals surface area contributed by atoms with E-state index in [1.54, 1.807) is 12.1 Å². The number of hydrogen-bond donors (Lipinski definition) is 2. The van der Waals surface area contributed by atoms with E-state index in [2.05, 4.69) is 28.2 Å². The average molecular weight is 375 g/mol. The van der Waals surface area contributed by atoms with Gasteiger partial charge in [-0.15, -0.1) is 0 Å². The summed E-state index contributed by atoms with van der Waals surface area (Å²) in [5.74, 6) is -0.279. The van der Waals surface area contributed by atoms with Crippen LogP contribution in [-0.4, -0.2) is 22.8 Å². The van der Waals surface area contributed by atoms with Crippen molar-refractivity contribution in [2.24, 2.45) is 0 Å². The number of halogens is 2. The molecule has 3 aromatic rings. The molecule has 0 radical (unpaired) electrons. The number of aliphatic hydroxyl groups is 1. The van der Waals surface area contributed by atoms with Crippen LogP contribution in [0, 0.1) is 5.82 Å². The Morgan fingerprint density at radius 2 is 1.88 bits per heavy atom. The molecule has 0 spiro atoms. The van der Waals surface area contributed by atoms with Gasteiger partial charge < -0.3 is 15.0 Å². The molecule has 0 amide bonds. The van der Waals surface area contributed by atoms with E-state index in [0.29, 0.717) is 17.1 Å². The van der Waals surface area contributed by atoms with E-state index in [-0.39, 0.29) is 12.4 Å². The molecule has 0 aliphatic rings. The van der Waals surface area contributed by atoms with Crippen molar-refractivity contribution < 1.29 is 9.50 Å². The summed E-state index contributed by atoms with van der Waals surface area (Å²) in [6.45, 7) is 2.34. The predicted octanol–water partition coefficient (Wildman–Crippen LogP) is 4.73. The first-order valence-electron chi connectivity index (χ1n) is 9.02. The largest absolute Gasteiger partial charge is 0.396 e. The Hall–Kier alpha value is -1.88. The number of benzene rings is 2. The highest BCUT2D eigenvalue weighted by atomic mass is 35.5. The van der Waals surface area contributed by atoms with Crippen LogP contribution in [-0.2, 0) is 13.1 Å². The number of fused-ring (bicyclic) bond motifs is 1. The molecular weight excluding hydrogens is 351 g/mol. The van der Waals surface area contributed by atoms with Gasteiger partial charge in [-0.05, 0) is 49.6 Å². The SMILES string of the molecule is OCCCCCNCc1cn(Cc2c(F)cccc2Cl)c2ccccc12. The second-order valence-corrected chi connectivity index (χ2v) is 6.87. The zero-order valence-electron chi connectivity index (χ0n) is 14.7. The maximum atomic E-state index is 14.2. The van der Waals surface area contributed by atoms with Gasteiger partial charge >= 0.3 is 0 Å². The minimum absolute atomic E-state index is 0.256. The Labute approximate surface area is 158 Å². The highest BCUT2D eigenvalue weighted by Crippen LogP contribution is 2.25. The maximum absolute atomic E-state index is 14.2. The lowest BCUT2D eigenvalue weighted by molar-refractivity contribution is 0.283. The van der Waals surface area contributed by atoms with Crippen molar-refractivity contribution in [3.05, 3.63) is 70.6 Å². The molecule has 0 saturated heterocycles. The number of para-hydroxylation sites is 1. The Bertz CT molecular complexity index is 842. The lowest BCUT2D eigenvalue weighted by Gasteiger charge is -2.08. The van der Waals surface area contributed by atoms with Gasteiger partial charge in [-0.25, -0.2) is 4.39 Å². The number of unbranched alkanes of at least 4 members (excludes halogenated alkanes) is 2. The van der Waals surface area contributed by atoms with Crippen molar-refractivity contribution in [2.75, 3.05) is 13.2 Å². The molecule has 2 aromatic carbocycles. The quantitative estimate of drug-likeness (QED) is 0.531. The smallest absolute Gasteiger partial charge is 0.129 e. The zero-order chi connectivity index (χ0) is 18.4. The van der Waals surface area contributed by atoms with Gasteiger partial charge in [-0.1, -0.05) is 35.9 Å². The zero-order valence-corrected chi connectivity index (χ0v) is 15.5. The number of rotatable bonds is 9. The summed E-state index contributed by atoms with van der Waals surface area (Å²) in [7, 11) is 0. The van der Waals surface area contributed by atoms with E-state index in [1.807, 2.05) is 12.1 Å². The molecule has 0 bridgehead atoms. The molecule has 26 heavy (non-hydrogen) atoms. The Morgan fingerprint density at radius 3 is 2.69 bits per heavy atom. The summed E-state index contributed by atoms with van der Waals surface area (Å²) in [5.41, 5.74) is 2.78. The molecule has 0 aliphatic heterocycles. The second-order valence-electron chi connectivity index (χ2n) is 6.46. The molecule has 0 atom stereocenters. The molecule has 5 heteroatoms. The van der Waals surface area contributed by atoms with Crippen LogP contribution in [0.5, 0.6) is 0 Å². The number of aromatic nitrogens is 1. The van der Waals surface area contributed by atoms with Gasteiger partial charge in [0.25, 0.3) is 0 Å². The Kier molecular flexibility index (Phi) is 6.67. The van der Waals surface area contributed by atoms with Crippen molar-refractivity contribution in [2.45, 2.75) is 32.4 Å². The molecular formula is C21H24ClFN2O. The predicted molar refractivity (Wildman–Crippen MR) is 105 cm³/mol. The molecule has 3 rings (SSSR count). The normalized spacial score (nSPS) is 11.3. The third kappa shape index (κ3) is 4.44. The van der Waals surface area contributed by atoms with Crippen LogP contribution < -0.4 is 5.32 Å². The minimum Gasteiger partial charge on any atom is -0.396 e. The second kappa shape index (κ2) is 9.17. The van der Waals surface area contributed by atoms with Gasteiger partial charge in [0, 0.05) is 40.8 Å². The summed E-state index contributed by atoms with van der Waals surface area (Å²) < 4.78 is 16.2. The van der Waals surface area contributed by atoms with Crippen LogP contribution in [0.2, 0.25) is 5.02 Å². The van der Waals surface area contributed by atoms with Crippen LogP contribution in [0.3, 0.4) is 0 Å². The molecule has 1 heterocycles. The van der Waals surface area contributed by atoms with Crippen LogP contribution >= 0.6 is 11.6 Å². The summed E-state index contributed by atoms with van der Waals surface area (Å²) in [5, 5.41) is 13.9. The van der Waals surface area contributed by atoms with Crippen molar-refractivity contribution in [3.8, 4) is 0 Å². The fourth-order valence-electron chi connectivity index (χ4n) is 3.21. The van der Waals surface area contributed by atoms with Crippen LogP contribution in [0.1, 0.15) is 30.4 Å². The first-order chi connectivity index (χ1) is 12.7. The highest BCUT2D eigenvalue weighted by Gasteiger charge is 2.12. The monoisotopic (exact) mass is 374 g/mol. The first-order valence-corrected chi connectivity index (χ1v) is 9.39. The Morgan fingerprint density at radius 1 is 1.04 bits per heavy atom. The summed E-state index contributed by atoms with van der Waals surface area (Å²) in [4.78, 5) is 0. The molecule has 1 aromatic heterocycles. The van der Waals surface area contributed by atoms with Crippen LogP contribution in [0.25, 0.3) is 10.9 Å². The summed E-state index contributed by atoms with van der Waals surface area (Å²) in [6.07, 6.45) is 5.00. The topological polar surface area (TPSA) is 37.2 Å². The molecule has 0 aliphatic carbocycles. The van der Waals surface area contributed by atoms with Gasteiger partial charge in [0.2, 0.25) is 0 Å². The fourth-order valence-corrected chi connectivity index (χ4v) is 3.43. The van der Waals surface area contributed by atoms with E-state index in [4.69, 9.17) is 16.7 Å². The van der Waals surface area contributed by atoms with Crippen molar-refractivity contribution >= 4 is 22.5 Å². The molecule has 138 valence electrons. The first kappa shape index (κ1) is 18.9. The fraction of sp³-hybridized carbons (Fsp3) is 0.333. The van der Waals surface area contributed by atoms with Gasteiger partial charge in [0.15, 0.2) is 0 Å². The molecule has 3 nitrogen and oxygen atoms in total. The van der Waals surface area contributed by atoms with Crippen LogP contribution in [0.4, 0.5) is 4.39 Å². The maximum Gasteiger partial charge on any atom is 0.129 e. The molecule has 0 unspecified atom stereocenters. The summed E-state index contributed by atoms with van der Waals surface area (Å²) in [6, 6.07) is 13.0. The van der Waals surface area contributed by atoms with Crippen molar-refractivity contribution in [1.82, 2.24) is 9.88 Å². The van der Waals surface area contributed by atoms with Gasteiger partial charge in [0.05, 0.1) is 6.54 Å². The van der Waals surface area contributed by atoms with Crippen molar-refractivity contribution in [3.63, 3.8) is 0 Å². The molecule has 0 fully saturated rings. The Balaban J connectivity index is 1.77. The number of aliphatic hydroxyl groups excluding tert-OH is 1. The third-order valence-corrected chi connectivity index (χ3v) is 4.94. The number of nitrogens with zero attached hydrogens (tertiary/aromatic N) is 1.